The lowest BCUT2D eigenvalue weighted by molar-refractivity contribution is -0.0356. The summed E-state index contributed by atoms with van der Waals surface area (Å²) in [5.74, 6) is 0.411. The summed E-state index contributed by atoms with van der Waals surface area (Å²) in [6.07, 6.45) is 0.736. The molecule has 154 valence electrons. The summed E-state index contributed by atoms with van der Waals surface area (Å²) < 4.78 is 5.53. The molecule has 2 atom stereocenters. The summed E-state index contributed by atoms with van der Waals surface area (Å²) >= 11 is 0. The van der Waals surface area contributed by atoms with E-state index in [2.05, 4.69) is 74.2 Å². The standard InChI is InChI=1S/C24H33NO2.ClH/c1-19(2)17-24(26,22-11-9-20(3)10-12-22)23(21-7-5-4-6-8-21)18-25-13-15-27-16-14-25;/h4-12,19,23,26H,13-18H2,1-3H3;1H. The van der Waals surface area contributed by atoms with Crippen LogP contribution < -0.4 is 0 Å². The highest BCUT2D eigenvalue weighted by molar-refractivity contribution is 5.85. The lowest BCUT2D eigenvalue weighted by Crippen LogP contribution is -2.45. The second-order valence-electron chi connectivity index (χ2n) is 8.26. The van der Waals surface area contributed by atoms with Crippen LogP contribution in [0.25, 0.3) is 0 Å². The highest BCUT2D eigenvalue weighted by atomic mass is 35.5. The molecule has 4 heteroatoms. The summed E-state index contributed by atoms with van der Waals surface area (Å²) in [4.78, 5) is 2.43. The molecule has 0 radical (unpaired) electrons. The SMILES string of the molecule is Cc1ccc(C(O)(CC(C)C)C(CN2CCOCC2)c2ccccc2)cc1.Cl. The van der Waals surface area contributed by atoms with Gasteiger partial charge in [-0.15, -0.1) is 12.4 Å². The van der Waals surface area contributed by atoms with Crippen LogP contribution in [0.5, 0.6) is 0 Å². The number of morpholine rings is 1. The smallest absolute Gasteiger partial charge is 0.0979 e. The molecule has 0 amide bonds. The van der Waals surface area contributed by atoms with E-state index in [0.29, 0.717) is 5.92 Å². The van der Waals surface area contributed by atoms with Gasteiger partial charge < -0.3 is 9.84 Å². The number of ether oxygens (including phenoxy) is 1. The van der Waals surface area contributed by atoms with Crippen molar-refractivity contribution in [3.8, 4) is 0 Å². The normalized spacial score (nSPS) is 18.3. The Morgan fingerprint density at radius 3 is 2.18 bits per heavy atom. The fourth-order valence-corrected chi connectivity index (χ4v) is 4.19. The number of hydrogen-bond acceptors (Lipinski definition) is 3. The topological polar surface area (TPSA) is 32.7 Å². The van der Waals surface area contributed by atoms with Crippen LogP contribution in [0.4, 0.5) is 0 Å². The molecule has 28 heavy (non-hydrogen) atoms. The molecule has 0 bridgehead atoms. The Balaban J connectivity index is 0.00000280. The largest absolute Gasteiger partial charge is 0.384 e. The molecule has 0 spiro atoms. The van der Waals surface area contributed by atoms with E-state index in [-0.39, 0.29) is 18.3 Å². The monoisotopic (exact) mass is 403 g/mol. The molecule has 3 rings (SSSR count). The van der Waals surface area contributed by atoms with Crippen LogP contribution in [-0.4, -0.2) is 42.9 Å². The van der Waals surface area contributed by atoms with Crippen molar-refractivity contribution in [2.75, 3.05) is 32.8 Å². The number of halogens is 1. The molecular weight excluding hydrogens is 370 g/mol. The Morgan fingerprint density at radius 1 is 1.00 bits per heavy atom. The minimum atomic E-state index is -0.901. The Hall–Kier alpha value is -1.39. The maximum absolute atomic E-state index is 12.1. The van der Waals surface area contributed by atoms with Gasteiger partial charge in [0.25, 0.3) is 0 Å². The molecule has 1 heterocycles. The number of hydrogen-bond donors (Lipinski definition) is 1. The molecule has 2 aromatic rings. The van der Waals surface area contributed by atoms with E-state index in [1.165, 1.54) is 11.1 Å². The molecule has 3 nitrogen and oxygen atoms in total. The van der Waals surface area contributed by atoms with Gasteiger partial charge in [0.2, 0.25) is 0 Å². The highest BCUT2D eigenvalue weighted by Crippen LogP contribution is 2.42. The van der Waals surface area contributed by atoms with Crippen LogP contribution in [0, 0.1) is 12.8 Å². The molecule has 0 saturated carbocycles. The van der Waals surface area contributed by atoms with Crippen molar-refractivity contribution >= 4 is 12.4 Å². The average molecular weight is 404 g/mol. The van der Waals surface area contributed by atoms with Gasteiger partial charge in [0.15, 0.2) is 0 Å². The highest BCUT2D eigenvalue weighted by Gasteiger charge is 2.40. The second-order valence-corrected chi connectivity index (χ2v) is 8.26. The van der Waals surface area contributed by atoms with Crippen LogP contribution in [0.2, 0.25) is 0 Å². The Kier molecular flexibility index (Phi) is 8.51. The first kappa shape index (κ1) is 22.9. The molecule has 1 N–H and O–H groups in total. The number of aliphatic hydroxyl groups is 1. The quantitative estimate of drug-likeness (QED) is 0.722. The first-order valence-electron chi connectivity index (χ1n) is 10.1. The van der Waals surface area contributed by atoms with Crippen LogP contribution in [0.1, 0.15) is 42.9 Å². The van der Waals surface area contributed by atoms with E-state index < -0.39 is 5.60 Å². The van der Waals surface area contributed by atoms with Crippen LogP contribution >= 0.6 is 12.4 Å². The maximum Gasteiger partial charge on any atom is 0.0979 e. The van der Waals surface area contributed by atoms with E-state index >= 15 is 0 Å². The van der Waals surface area contributed by atoms with Gasteiger partial charge in [0.1, 0.15) is 0 Å². The summed E-state index contributed by atoms with van der Waals surface area (Å²) in [6, 6.07) is 18.9. The van der Waals surface area contributed by atoms with Crippen molar-refractivity contribution in [3.63, 3.8) is 0 Å². The Morgan fingerprint density at radius 2 is 1.61 bits per heavy atom. The fourth-order valence-electron chi connectivity index (χ4n) is 4.19. The maximum atomic E-state index is 12.1. The van der Waals surface area contributed by atoms with Gasteiger partial charge in [-0.1, -0.05) is 74.0 Å². The van der Waals surface area contributed by atoms with E-state index in [9.17, 15) is 5.11 Å². The third-order valence-corrected chi connectivity index (χ3v) is 5.59. The Labute approximate surface area is 176 Å². The summed E-state index contributed by atoms with van der Waals surface area (Å²) in [5, 5.41) is 12.1. The summed E-state index contributed by atoms with van der Waals surface area (Å²) in [5.41, 5.74) is 2.54. The molecule has 2 aromatic carbocycles. The molecule has 0 aliphatic carbocycles. The number of nitrogens with zero attached hydrogens (tertiary/aromatic N) is 1. The molecular formula is C24H34ClNO2. The van der Waals surface area contributed by atoms with E-state index in [1.807, 2.05) is 6.07 Å². The van der Waals surface area contributed by atoms with Crippen LogP contribution in [-0.2, 0) is 10.3 Å². The van der Waals surface area contributed by atoms with Gasteiger partial charge in [-0.2, -0.15) is 0 Å². The number of rotatable bonds is 7. The van der Waals surface area contributed by atoms with E-state index in [1.54, 1.807) is 0 Å². The van der Waals surface area contributed by atoms with Crippen molar-refractivity contribution in [3.05, 3.63) is 71.3 Å². The van der Waals surface area contributed by atoms with Gasteiger partial charge in [-0.3, -0.25) is 4.90 Å². The molecule has 1 fully saturated rings. The molecule has 0 aromatic heterocycles. The van der Waals surface area contributed by atoms with Gasteiger partial charge >= 0.3 is 0 Å². The van der Waals surface area contributed by atoms with Crippen molar-refractivity contribution in [2.24, 2.45) is 5.92 Å². The van der Waals surface area contributed by atoms with Gasteiger partial charge in [0, 0.05) is 25.6 Å². The summed E-state index contributed by atoms with van der Waals surface area (Å²) in [7, 11) is 0. The van der Waals surface area contributed by atoms with E-state index in [0.717, 1.165) is 44.8 Å². The molecule has 1 aliphatic heterocycles. The lowest BCUT2D eigenvalue weighted by Gasteiger charge is -2.42. The number of benzene rings is 2. The zero-order chi connectivity index (χ0) is 19.3. The first-order chi connectivity index (χ1) is 13.0. The zero-order valence-corrected chi connectivity index (χ0v) is 18.1. The van der Waals surface area contributed by atoms with Crippen molar-refractivity contribution in [1.82, 2.24) is 4.90 Å². The van der Waals surface area contributed by atoms with Crippen LogP contribution in [0.15, 0.2) is 54.6 Å². The minimum absolute atomic E-state index is 0. The van der Waals surface area contributed by atoms with Gasteiger partial charge in [-0.25, -0.2) is 0 Å². The zero-order valence-electron chi connectivity index (χ0n) is 17.3. The van der Waals surface area contributed by atoms with Gasteiger partial charge in [-0.05, 0) is 30.4 Å². The molecule has 2 unspecified atom stereocenters. The summed E-state index contributed by atoms with van der Waals surface area (Å²) in [6.45, 7) is 10.7. The van der Waals surface area contributed by atoms with Crippen molar-refractivity contribution in [2.45, 2.75) is 38.7 Å². The lowest BCUT2D eigenvalue weighted by atomic mass is 9.72. The van der Waals surface area contributed by atoms with Crippen LogP contribution in [0.3, 0.4) is 0 Å². The van der Waals surface area contributed by atoms with Gasteiger partial charge in [0.05, 0.1) is 18.8 Å². The second kappa shape index (κ2) is 10.4. The molecule has 1 saturated heterocycles. The number of aryl methyl sites for hydroxylation is 1. The average Bonchev–Trinajstić information content (AvgIpc) is 2.67. The fraction of sp³-hybridized carbons (Fsp3) is 0.500. The van der Waals surface area contributed by atoms with Crippen molar-refractivity contribution in [1.29, 1.82) is 0 Å². The predicted molar refractivity (Wildman–Crippen MR) is 118 cm³/mol. The minimum Gasteiger partial charge on any atom is -0.384 e. The Bertz CT molecular complexity index is 698. The predicted octanol–water partition coefficient (Wildman–Crippen LogP) is 4.77. The molecule has 1 aliphatic rings. The van der Waals surface area contributed by atoms with E-state index in [4.69, 9.17) is 4.74 Å². The third-order valence-electron chi connectivity index (χ3n) is 5.59. The third kappa shape index (κ3) is 5.57. The first-order valence-corrected chi connectivity index (χ1v) is 10.1. The van der Waals surface area contributed by atoms with Crippen molar-refractivity contribution < 1.29 is 9.84 Å².